The number of amides is 1. The highest BCUT2D eigenvalue weighted by atomic mass is 16.2. The number of hydrogen-bond donors (Lipinski definition) is 1. The molecule has 1 fully saturated rings. The third-order valence-corrected chi connectivity index (χ3v) is 2.98. The molecular formula is C11H18N2O. The number of nitrogens with zero attached hydrogens (tertiary/aromatic N) is 1. The van der Waals surface area contributed by atoms with Crippen LogP contribution in [0.1, 0.15) is 25.7 Å². The first-order chi connectivity index (χ1) is 6.88. The fourth-order valence-corrected chi connectivity index (χ4v) is 2.12. The lowest BCUT2D eigenvalue weighted by atomic mass is 10.0. The molecule has 0 aliphatic carbocycles. The Labute approximate surface area is 85.2 Å². The van der Waals surface area contributed by atoms with E-state index >= 15 is 0 Å². The summed E-state index contributed by atoms with van der Waals surface area (Å²) in [5.74, 6) is 0.300. The van der Waals surface area contributed by atoms with E-state index in [2.05, 4.69) is 17.5 Å². The minimum Gasteiger partial charge on any atom is -0.337 e. The third kappa shape index (κ3) is 2.15. The van der Waals surface area contributed by atoms with Crippen LogP contribution in [0, 0.1) is 0 Å². The molecule has 2 aliphatic rings. The largest absolute Gasteiger partial charge is 0.337 e. The Balaban J connectivity index is 1.89. The number of carbonyl (C=O) groups excluding carboxylic acids is 1. The van der Waals surface area contributed by atoms with Gasteiger partial charge in [0.2, 0.25) is 5.91 Å². The molecule has 0 aromatic rings. The van der Waals surface area contributed by atoms with E-state index in [0.29, 0.717) is 5.91 Å². The molecule has 78 valence electrons. The molecule has 2 aliphatic heterocycles. The Morgan fingerprint density at radius 2 is 2.29 bits per heavy atom. The summed E-state index contributed by atoms with van der Waals surface area (Å²) in [7, 11) is 0. The maximum Gasteiger partial charge on any atom is 0.239 e. The van der Waals surface area contributed by atoms with Gasteiger partial charge in [-0.1, -0.05) is 18.6 Å². The number of piperidine rings is 1. The standard InChI is InChI=1S/C11H18N2O/c14-11(10-6-2-3-7-12-10)13-8-4-1-5-9-13/h1,4,10,12H,2-3,5-9H2/t10-/m0/s1. The fraction of sp³-hybridized carbons (Fsp3) is 0.727. The smallest absolute Gasteiger partial charge is 0.239 e. The van der Waals surface area contributed by atoms with Gasteiger partial charge in [0.1, 0.15) is 0 Å². The first-order valence-electron chi connectivity index (χ1n) is 5.55. The zero-order chi connectivity index (χ0) is 9.80. The molecule has 2 heterocycles. The first kappa shape index (κ1) is 9.71. The predicted molar refractivity (Wildman–Crippen MR) is 56.0 cm³/mol. The molecule has 0 bridgehead atoms. The van der Waals surface area contributed by atoms with E-state index < -0.39 is 0 Å². The molecule has 2 rings (SSSR count). The average Bonchev–Trinajstić information content (AvgIpc) is 2.30. The van der Waals surface area contributed by atoms with Gasteiger partial charge in [0, 0.05) is 13.1 Å². The Hall–Kier alpha value is -0.830. The minimum atomic E-state index is 0.0928. The van der Waals surface area contributed by atoms with Gasteiger partial charge in [-0.15, -0.1) is 0 Å². The molecule has 3 nitrogen and oxygen atoms in total. The number of carbonyl (C=O) groups is 1. The van der Waals surface area contributed by atoms with E-state index in [-0.39, 0.29) is 6.04 Å². The fourth-order valence-electron chi connectivity index (χ4n) is 2.12. The quantitative estimate of drug-likeness (QED) is 0.629. The summed E-state index contributed by atoms with van der Waals surface area (Å²) in [5, 5.41) is 3.30. The van der Waals surface area contributed by atoms with E-state index in [9.17, 15) is 4.79 Å². The normalized spacial score (nSPS) is 27.7. The van der Waals surface area contributed by atoms with Crippen LogP contribution in [0.15, 0.2) is 12.2 Å². The second kappa shape index (κ2) is 4.60. The number of rotatable bonds is 1. The molecule has 1 atom stereocenters. The molecule has 0 spiro atoms. The van der Waals surface area contributed by atoms with Crippen LogP contribution < -0.4 is 5.32 Å². The van der Waals surface area contributed by atoms with Crippen LogP contribution in [0.2, 0.25) is 0 Å². The van der Waals surface area contributed by atoms with E-state index in [0.717, 1.165) is 32.5 Å². The lowest BCUT2D eigenvalue weighted by Gasteiger charge is -2.30. The highest BCUT2D eigenvalue weighted by molar-refractivity contribution is 5.82. The van der Waals surface area contributed by atoms with Gasteiger partial charge in [0.05, 0.1) is 6.04 Å². The van der Waals surface area contributed by atoms with Gasteiger partial charge >= 0.3 is 0 Å². The molecule has 1 N–H and O–H groups in total. The van der Waals surface area contributed by atoms with Crippen molar-refractivity contribution in [1.29, 1.82) is 0 Å². The second-order valence-corrected chi connectivity index (χ2v) is 4.05. The van der Waals surface area contributed by atoms with Gasteiger partial charge in [-0.2, -0.15) is 0 Å². The van der Waals surface area contributed by atoms with Gasteiger partial charge in [-0.3, -0.25) is 4.79 Å². The SMILES string of the molecule is O=C([C@@H]1CCCCN1)N1CC=CCC1. The van der Waals surface area contributed by atoms with Crippen molar-refractivity contribution in [3.8, 4) is 0 Å². The maximum atomic E-state index is 12.0. The first-order valence-corrected chi connectivity index (χ1v) is 5.55. The number of hydrogen-bond acceptors (Lipinski definition) is 2. The van der Waals surface area contributed by atoms with Gasteiger partial charge in [-0.25, -0.2) is 0 Å². The van der Waals surface area contributed by atoms with Crippen LogP contribution in [0.5, 0.6) is 0 Å². The predicted octanol–water partition coefficient (Wildman–Crippen LogP) is 0.917. The zero-order valence-corrected chi connectivity index (χ0v) is 8.54. The van der Waals surface area contributed by atoms with E-state index in [1.165, 1.54) is 12.8 Å². The summed E-state index contributed by atoms with van der Waals surface area (Å²) in [4.78, 5) is 13.9. The van der Waals surface area contributed by atoms with Crippen molar-refractivity contribution in [3.05, 3.63) is 12.2 Å². The van der Waals surface area contributed by atoms with Crippen molar-refractivity contribution < 1.29 is 4.79 Å². The molecule has 0 radical (unpaired) electrons. The Bertz CT molecular complexity index is 231. The summed E-state index contributed by atoms with van der Waals surface area (Å²) in [6.07, 6.45) is 8.66. The lowest BCUT2D eigenvalue weighted by molar-refractivity contribution is -0.133. The van der Waals surface area contributed by atoms with E-state index in [1.54, 1.807) is 0 Å². The molecule has 1 saturated heterocycles. The topological polar surface area (TPSA) is 32.3 Å². The molecule has 0 saturated carbocycles. The molecule has 0 aromatic carbocycles. The summed E-state index contributed by atoms with van der Waals surface area (Å²) >= 11 is 0. The van der Waals surface area contributed by atoms with Gasteiger partial charge in [-0.05, 0) is 25.8 Å². The lowest BCUT2D eigenvalue weighted by Crippen LogP contribution is -2.49. The Morgan fingerprint density at radius 1 is 1.36 bits per heavy atom. The van der Waals surface area contributed by atoms with Crippen LogP contribution in [-0.4, -0.2) is 36.5 Å². The van der Waals surface area contributed by atoms with E-state index in [1.807, 2.05) is 4.90 Å². The molecule has 1 amide bonds. The zero-order valence-electron chi connectivity index (χ0n) is 8.54. The molecular weight excluding hydrogens is 176 g/mol. The van der Waals surface area contributed by atoms with Crippen molar-refractivity contribution in [2.45, 2.75) is 31.7 Å². The van der Waals surface area contributed by atoms with Gasteiger partial charge < -0.3 is 10.2 Å². The summed E-state index contributed by atoms with van der Waals surface area (Å²) in [6, 6.07) is 0.0928. The summed E-state index contributed by atoms with van der Waals surface area (Å²) in [6.45, 7) is 2.70. The van der Waals surface area contributed by atoms with Crippen LogP contribution >= 0.6 is 0 Å². The monoisotopic (exact) mass is 194 g/mol. The van der Waals surface area contributed by atoms with Crippen LogP contribution in [0.4, 0.5) is 0 Å². The number of nitrogens with one attached hydrogen (secondary N) is 1. The Kier molecular flexibility index (Phi) is 3.19. The third-order valence-electron chi connectivity index (χ3n) is 2.98. The van der Waals surface area contributed by atoms with Crippen molar-refractivity contribution in [2.24, 2.45) is 0 Å². The van der Waals surface area contributed by atoms with Crippen molar-refractivity contribution in [2.75, 3.05) is 19.6 Å². The van der Waals surface area contributed by atoms with Crippen LogP contribution in [0.3, 0.4) is 0 Å². The van der Waals surface area contributed by atoms with Gasteiger partial charge in [0.15, 0.2) is 0 Å². The molecule has 14 heavy (non-hydrogen) atoms. The minimum absolute atomic E-state index is 0.0928. The van der Waals surface area contributed by atoms with Crippen molar-refractivity contribution in [3.63, 3.8) is 0 Å². The molecule has 3 heteroatoms. The van der Waals surface area contributed by atoms with Crippen LogP contribution in [-0.2, 0) is 4.79 Å². The van der Waals surface area contributed by atoms with Crippen LogP contribution in [0.25, 0.3) is 0 Å². The maximum absolute atomic E-state index is 12.0. The van der Waals surface area contributed by atoms with Gasteiger partial charge in [0.25, 0.3) is 0 Å². The van der Waals surface area contributed by atoms with Crippen molar-refractivity contribution in [1.82, 2.24) is 10.2 Å². The van der Waals surface area contributed by atoms with E-state index in [4.69, 9.17) is 0 Å². The highest BCUT2D eigenvalue weighted by Gasteiger charge is 2.25. The molecule has 0 aromatic heterocycles. The molecule has 0 unspecified atom stereocenters. The summed E-state index contributed by atoms with van der Waals surface area (Å²) in [5.41, 5.74) is 0. The highest BCUT2D eigenvalue weighted by Crippen LogP contribution is 2.11. The second-order valence-electron chi connectivity index (χ2n) is 4.05. The summed E-state index contributed by atoms with van der Waals surface area (Å²) < 4.78 is 0. The van der Waals surface area contributed by atoms with Crippen molar-refractivity contribution >= 4 is 5.91 Å². The average molecular weight is 194 g/mol. The Morgan fingerprint density at radius 3 is 2.93 bits per heavy atom.